The molecule has 0 fully saturated rings. The second-order valence-corrected chi connectivity index (χ2v) is 14.4. The van der Waals surface area contributed by atoms with Crippen molar-refractivity contribution in [3.63, 3.8) is 0 Å². The van der Waals surface area contributed by atoms with E-state index in [-0.39, 0.29) is 12.0 Å². The topological polar surface area (TPSA) is 104 Å². The Labute approximate surface area is 198 Å². The van der Waals surface area contributed by atoms with Crippen molar-refractivity contribution in [3.05, 3.63) is 0 Å². The SMILES string of the molecule is COC(OC)[SiH2]OC(CNCCC[Si](OC)(OC)OC)COCCC[Si](OC)(OC)OC. The second kappa shape index (κ2) is 19.5. The van der Waals surface area contributed by atoms with Gasteiger partial charge in [0.2, 0.25) is 9.76 Å². The summed E-state index contributed by atoms with van der Waals surface area (Å²) in [6.07, 6.45) is 1.54. The fraction of sp³-hybridized carbons (Fsp3) is 1.00. The standard InChI is InChI=1S/C18H45NO10Si3/c1-20-18(21-2)30-29-17(15-19-11-9-13-31(22-3,23-4)24-5)16-28-12-10-14-32(25-6,26-7)27-8/h17-19H,9-16,30H2,1-8H3. The molecule has 0 spiro atoms. The van der Waals surface area contributed by atoms with Gasteiger partial charge in [0.25, 0.3) is 0 Å². The highest BCUT2D eigenvalue weighted by atomic mass is 28.4. The third-order valence-corrected chi connectivity index (χ3v) is 12.4. The monoisotopic (exact) mass is 519 g/mol. The van der Waals surface area contributed by atoms with Gasteiger partial charge in [-0.2, -0.15) is 0 Å². The molecule has 194 valence electrons. The highest BCUT2D eigenvalue weighted by Gasteiger charge is 2.37. The van der Waals surface area contributed by atoms with Crippen LogP contribution in [0.4, 0.5) is 0 Å². The summed E-state index contributed by atoms with van der Waals surface area (Å²) in [5.41, 5.74) is 0. The summed E-state index contributed by atoms with van der Waals surface area (Å²) in [5, 5.41) is 3.42. The van der Waals surface area contributed by atoms with E-state index in [1.54, 1.807) is 56.9 Å². The molecule has 0 aliphatic heterocycles. The van der Waals surface area contributed by atoms with Gasteiger partial charge in [-0.3, -0.25) is 0 Å². The van der Waals surface area contributed by atoms with Crippen molar-refractivity contribution in [2.24, 2.45) is 0 Å². The van der Waals surface area contributed by atoms with Crippen LogP contribution in [0, 0.1) is 0 Å². The van der Waals surface area contributed by atoms with Crippen LogP contribution >= 0.6 is 0 Å². The third-order valence-electron chi connectivity index (χ3n) is 5.14. The van der Waals surface area contributed by atoms with Crippen LogP contribution in [0.15, 0.2) is 0 Å². The van der Waals surface area contributed by atoms with Crippen LogP contribution in [0.3, 0.4) is 0 Å². The normalized spacial score (nSPS) is 14.2. The number of hydrogen-bond donors (Lipinski definition) is 1. The van der Waals surface area contributed by atoms with E-state index in [0.29, 0.717) is 25.8 Å². The van der Waals surface area contributed by atoms with E-state index >= 15 is 0 Å². The summed E-state index contributed by atoms with van der Waals surface area (Å²) in [6.45, 7) is 2.47. The molecular formula is C18H45NO10Si3. The Morgan fingerprint density at radius 2 is 1.22 bits per heavy atom. The first-order chi connectivity index (χ1) is 15.4. The Morgan fingerprint density at radius 1 is 0.719 bits per heavy atom. The van der Waals surface area contributed by atoms with Gasteiger partial charge in [0, 0.05) is 82.1 Å². The Hall–Kier alpha value is 0.211. The van der Waals surface area contributed by atoms with E-state index in [0.717, 1.165) is 25.4 Å². The summed E-state index contributed by atoms with van der Waals surface area (Å²) >= 11 is 0. The molecule has 0 saturated carbocycles. The largest absolute Gasteiger partial charge is 0.500 e. The van der Waals surface area contributed by atoms with E-state index in [2.05, 4.69) is 5.32 Å². The van der Waals surface area contributed by atoms with Gasteiger partial charge in [-0.05, 0) is 19.4 Å². The minimum absolute atomic E-state index is 0.0991. The molecule has 0 aromatic carbocycles. The van der Waals surface area contributed by atoms with Crippen molar-refractivity contribution in [3.8, 4) is 0 Å². The Morgan fingerprint density at radius 3 is 1.69 bits per heavy atom. The highest BCUT2D eigenvalue weighted by Crippen LogP contribution is 2.15. The lowest BCUT2D eigenvalue weighted by Crippen LogP contribution is -2.43. The summed E-state index contributed by atoms with van der Waals surface area (Å²) in [7, 11) is 6.79. The molecule has 32 heavy (non-hydrogen) atoms. The van der Waals surface area contributed by atoms with Crippen LogP contribution in [0.25, 0.3) is 0 Å². The van der Waals surface area contributed by atoms with Gasteiger partial charge in [0.15, 0.2) is 5.91 Å². The Bertz CT molecular complexity index is 383. The first-order valence-corrected chi connectivity index (χ1v) is 16.0. The van der Waals surface area contributed by atoms with Crippen molar-refractivity contribution in [1.82, 2.24) is 5.32 Å². The maximum Gasteiger partial charge on any atom is 0.500 e. The molecule has 0 bridgehead atoms. The minimum Gasteiger partial charge on any atom is -0.412 e. The smallest absolute Gasteiger partial charge is 0.412 e. The molecule has 0 saturated heterocycles. The molecule has 1 atom stereocenters. The molecule has 14 heteroatoms. The molecule has 1 N–H and O–H groups in total. The molecule has 1 unspecified atom stereocenters. The van der Waals surface area contributed by atoms with E-state index in [9.17, 15) is 0 Å². The lowest BCUT2D eigenvalue weighted by Gasteiger charge is -2.25. The average molecular weight is 520 g/mol. The van der Waals surface area contributed by atoms with Crippen LogP contribution in [0.1, 0.15) is 12.8 Å². The van der Waals surface area contributed by atoms with Crippen LogP contribution < -0.4 is 5.32 Å². The van der Waals surface area contributed by atoms with Gasteiger partial charge in [-0.25, -0.2) is 0 Å². The van der Waals surface area contributed by atoms with Gasteiger partial charge in [-0.1, -0.05) is 0 Å². The summed E-state index contributed by atoms with van der Waals surface area (Å²) in [5.74, 6) is -0.286. The van der Waals surface area contributed by atoms with Crippen LogP contribution in [-0.4, -0.2) is 123 Å². The Balaban J connectivity index is 4.44. The van der Waals surface area contributed by atoms with Crippen molar-refractivity contribution < 1.29 is 45.2 Å². The molecular weight excluding hydrogens is 474 g/mol. The third kappa shape index (κ3) is 12.6. The van der Waals surface area contributed by atoms with E-state index in [1.165, 1.54) is 0 Å². The quantitative estimate of drug-likeness (QED) is 0.113. The molecule has 0 aromatic heterocycles. The summed E-state index contributed by atoms with van der Waals surface area (Å²) in [4.78, 5) is 0. The fourth-order valence-electron chi connectivity index (χ4n) is 3.02. The molecule has 0 aromatic rings. The lowest BCUT2D eigenvalue weighted by molar-refractivity contribution is -0.0583. The van der Waals surface area contributed by atoms with Crippen LogP contribution in [0.2, 0.25) is 12.1 Å². The maximum absolute atomic E-state index is 6.08. The zero-order valence-electron chi connectivity index (χ0n) is 21.1. The minimum atomic E-state index is -2.57. The fourth-order valence-corrected chi connectivity index (χ4v) is 7.35. The van der Waals surface area contributed by atoms with Crippen molar-refractivity contribution in [1.29, 1.82) is 0 Å². The van der Waals surface area contributed by atoms with Crippen molar-refractivity contribution in [2.75, 3.05) is 83.2 Å². The molecule has 0 aliphatic carbocycles. The lowest BCUT2D eigenvalue weighted by atomic mass is 10.3. The van der Waals surface area contributed by atoms with Gasteiger partial charge in [-0.15, -0.1) is 0 Å². The molecule has 11 nitrogen and oxygen atoms in total. The van der Waals surface area contributed by atoms with Gasteiger partial charge >= 0.3 is 17.6 Å². The van der Waals surface area contributed by atoms with E-state index in [4.69, 9.17) is 45.2 Å². The predicted molar refractivity (Wildman–Crippen MR) is 127 cm³/mol. The first-order valence-electron chi connectivity index (χ1n) is 10.7. The zero-order chi connectivity index (χ0) is 24.3. The van der Waals surface area contributed by atoms with Crippen LogP contribution in [-0.2, 0) is 45.2 Å². The van der Waals surface area contributed by atoms with Crippen LogP contribution in [0.5, 0.6) is 0 Å². The molecule has 0 heterocycles. The van der Waals surface area contributed by atoms with Crippen molar-refractivity contribution in [2.45, 2.75) is 36.9 Å². The predicted octanol–water partition coefficient (Wildman–Crippen LogP) is 0.174. The molecule has 0 radical (unpaired) electrons. The number of rotatable bonds is 23. The number of nitrogens with one attached hydrogen (secondary N) is 1. The molecule has 0 rings (SSSR count). The van der Waals surface area contributed by atoms with Gasteiger partial charge in [0.1, 0.15) is 0 Å². The maximum atomic E-state index is 6.08. The average Bonchev–Trinajstić information content (AvgIpc) is 2.84. The molecule has 0 amide bonds. The number of ether oxygens (including phenoxy) is 3. The van der Waals surface area contributed by atoms with Gasteiger partial charge < -0.3 is 50.5 Å². The summed E-state index contributed by atoms with van der Waals surface area (Å²) < 4.78 is 55.1. The summed E-state index contributed by atoms with van der Waals surface area (Å²) in [6, 6.07) is 1.43. The first kappa shape index (κ1) is 32.2. The number of methoxy groups -OCH3 is 2. The van der Waals surface area contributed by atoms with E-state index in [1.807, 2.05) is 0 Å². The Kier molecular flexibility index (Phi) is 19.6. The zero-order valence-corrected chi connectivity index (χ0v) is 24.5. The van der Waals surface area contributed by atoms with E-state index < -0.39 is 27.4 Å². The number of hydrogen-bond acceptors (Lipinski definition) is 11. The van der Waals surface area contributed by atoms with Crippen molar-refractivity contribution >= 4 is 27.4 Å². The molecule has 0 aliphatic rings. The second-order valence-electron chi connectivity index (χ2n) is 6.93. The van der Waals surface area contributed by atoms with Gasteiger partial charge in [0.05, 0.1) is 12.7 Å². The highest BCUT2D eigenvalue weighted by molar-refractivity contribution is 6.60.